The lowest BCUT2D eigenvalue weighted by atomic mass is 9.85. The van der Waals surface area contributed by atoms with Gasteiger partial charge in [-0.15, -0.1) is 0 Å². The number of hydrogen-bond acceptors (Lipinski definition) is 3. The van der Waals surface area contributed by atoms with Gasteiger partial charge in [0.05, 0.1) is 0 Å². The van der Waals surface area contributed by atoms with Crippen molar-refractivity contribution in [1.29, 1.82) is 0 Å². The van der Waals surface area contributed by atoms with Crippen LogP contribution in [0.2, 0.25) is 0 Å². The molecule has 4 heteroatoms. The molecule has 4 nitrogen and oxygen atoms in total. The Hall–Kier alpha value is -1.58. The van der Waals surface area contributed by atoms with Gasteiger partial charge in [-0.1, -0.05) is 6.42 Å². The average Bonchev–Trinajstić information content (AvgIpc) is 2.22. The largest absolute Gasteiger partial charge is 0.478 e. The fraction of sp³-hybridized carbons (Fsp3) is 0.538. The lowest BCUT2D eigenvalue weighted by Gasteiger charge is -2.31. The van der Waals surface area contributed by atoms with Gasteiger partial charge in [-0.25, -0.2) is 9.78 Å². The van der Waals surface area contributed by atoms with E-state index in [1.807, 2.05) is 18.9 Å². The van der Waals surface area contributed by atoms with E-state index >= 15 is 0 Å². The van der Waals surface area contributed by atoms with E-state index in [-0.39, 0.29) is 0 Å². The van der Waals surface area contributed by atoms with Crippen molar-refractivity contribution in [2.24, 2.45) is 5.92 Å². The number of nitrogens with zero attached hydrogens (tertiary/aromatic N) is 2. The lowest BCUT2D eigenvalue weighted by Crippen LogP contribution is -2.31. The highest BCUT2D eigenvalue weighted by atomic mass is 16.4. The molecule has 1 saturated carbocycles. The molecule has 17 heavy (non-hydrogen) atoms. The smallest absolute Gasteiger partial charge is 0.339 e. The molecule has 0 saturated heterocycles. The first kappa shape index (κ1) is 11.9. The normalized spacial score (nSPS) is 15.4. The third kappa shape index (κ3) is 2.40. The van der Waals surface area contributed by atoms with Crippen LogP contribution in [0.3, 0.4) is 0 Å². The summed E-state index contributed by atoms with van der Waals surface area (Å²) in [5.74, 6) is 0.388. The number of aryl methyl sites for hydroxylation is 1. The number of hydrogen-bond donors (Lipinski definition) is 1. The number of pyridine rings is 1. The number of carbonyl (C=O) groups is 1. The van der Waals surface area contributed by atoms with Gasteiger partial charge < -0.3 is 10.0 Å². The minimum Gasteiger partial charge on any atom is -0.478 e. The Balaban J connectivity index is 2.23. The Kier molecular flexibility index (Phi) is 3.31. The van der Waals surface area contributed by atoms with E-state index in [1.54, 1.807) is 12.3 Å². The minimum absolute atomic E-state index is 0.328. The first-order valence-corrected chi connectivity index (χ1v) is 5.99. The Morgan fingerprint density at radius 3 is 2.82 bits per heavy atom. The first-order chi connectivity index (χ1) is 8.09. The van der Waals surface area contributed by atoms with E-state index in [0.717, 1.165) is 12.1 Å². The predicted octanol–water partition coefficient (Wildman–Crippen LogP) is 2.32. The molecule has 1 aliphatic carbocycles. The molecule has 0 aliphatic heterocycles. The van der Waals surface area contributed by atoms with Crippen molar-refractivity contribution in [1.82, 2.24) is 4.98 Å². The molecule has 0 unspecified atom stereocenters. The molecule has 0 spiro atoms. The van der Waals surface area contributed by atoms with Crippen LogP contribution in [0.25, 0.3) is 0 Å². The van der Waals surface area contributed by atoms with Crippen molar-refractivity contribution in [3.8, 4) is 0 Å². The zero-order chi connectivity index (χ0) is 12.4. The van der Waals surface area contributed by atoms with Crippen LogP contribution >= 0.6 is 0 Å². The molecule has 0 radical (unpaired) electrons. The summed E-state index contributed by atoms with van der Waals surface area (Å²) in [5, 5.41) is 9.23. The van der Waals surface area contributed by atoms with Crippen molar-refractivity contribution in [3.05, 3.63) is 23.4 Å². The van der Waals surface area contributed by atoms with E-state index in [4.69, 9.17) is 0 Å². The highest BCUT2D eigenvalue weighted by Gasteiger charge is 2.23. The van der Waals surface area contributed by atoms with Gasteiger partial charge in [0.2, 0.25) is 0 Å². The summed E-state index contributed by atoms with van der Waals surface area (Å²) in [7, 11) is 1.92. The SMILES string of the molecule is Cc1ccnc(N(C)CC2CCC2)c1C(=O)O. The molecule has 0 atom stereocenters. The Morgan fingerprint density at radius 2 is 2.29 bits per heavy atom. The lowest BCUT2D eigenvalue weighted by molar-refractivity contribution is 0.0696. The molecule has 0 bridgehead atoms. The summed E-state index contributed by atoms with van der Waals surface area (Å²) in [6, 6.07) is 1.74. The molecule has 1 N–H and O–H groups in total. The zero-order valence-corrected chi connectivity index (χ0v) is 10.3. The predicted molar refractivity (Wildman–Crippen MR) is 66.5 cm³/mol. The number of carboxylic acid groups (broad SMARTS) is 1. The molecule has 1 aromatic heterocycles. The van der Waals surface area contributed by atoms with Crippen LogP contribution in [0.1, 0.15) is 35.2 Å². The number of rotatable bonds is 4. The molecule has 1 heterocycles. The minimum atomic E-state index is -0.897. The third-order valence-corrected chi connectivity index (χ3v) is 3.47. The van der Waals surface area contributed by atoms with Gasteiger partial charge in [-0.2, -0.15) is 0 Å². The quantitative estimate of drug-likeness (QED) is 0.868. The Bertz CT molecular complexity index is 427. The van der Waals surface area contributed by atoms with Crippen LogP contribution in [0.15, 0.2) is 12.3 Å². The first-order valence-electron chi connectivity index (χ1n) is 5.99. The monoisotopic (exact) mass is 234 g/mol. The van der Waals surface area contributed by atoms with E-state index in [0.29, 0.717) is 17.3 Å². The number of aromatic nitrogens is 1. The Morgan fingerprint density at radius 1 is 1.59 bits per heavy atom. The second kappa shape index (κ2) is 4.73. The zero-order valence-electron chi connectivity index (χ0n) is 10.3. The summed E-state index contributed by atoms with van der Waals surface area (Å²) in [4.78, 5) is 17.4. The van der Waals surface area contributed by atoms with Crippen LogP contribution in [0, 0.1) is 12.8 Å². The maximum atomic E-state index is 11.2. The molecule has 1 aliphatic rings. The van der Waals surface area contributed by atoms with E-state index in [1.165, 1.54) is 19.3 Å². The second-order valence-corrected chi connectivity index (χ2v) is 4.81. The van der Waals surface area contributed by atoms with Gasteiger partial charge >= 0.3 is 5.97 Å². The van der Waals surface area contributed by atoms with Crippen molar-refractivity contribution in [2.45, 2.75) is 26.2 Å². The van der Waals surface area contributed by atoms with Crippen molar-refractivity contribution in [2.75, 3.05) is 18.5 Å². The van der Waals surface area contributed by atoms with Gasteiger partial charge in [0.15, 0.2) is 0 Å². The highest BCUT2D eigenvalue weighted by Crippen LogP contribution is 2.29. The summed E-state index contributed by atoms with van der Waals surface area (Å²) in [6.07, 6.45) is 5.47. The van der Waals surface area contributed by atoms with Crippen LogP contribution in [0.5, 0.6) is 0 Å². The van der Waals surface area contributed by atoms with Crippen molar-refractivity contribution in [3.63, 3.8) is 0 Å². The third-order valence-electron chi connectivity index (χ3n) is 3.47. The second-order valence-electron chi connectivity index (χ2n) is 4.81. The van der Waals surface area contributed by atoms with Crippen LogP contribution < -0.4 is 4.90 Å². The maximum absolute atomic E-state index is 11.2. The summed E-state index contributed by atoms with van der Waals surface area (Å²) >= 11 is 0. The standard InChI is InChI=1S/C13H18N2O2/c1-9-6-7-14-12(11(9)13(16)17)15(2)8-10-4-3-5-10/h6-7,10H,3-5,8H2,1-2H3,(H,16,17). The van der Waals surface area contributed by atoms with Crippen molar-refractivity contribution >= 4 is 11.8 Å². The van der Waals surface area contributed by atoms with Gasteiger partial charge in [-0.3, -0.25) is 0 Å². The number of carboxylic acids is 1. The molecule has 0 amide bonds. The number of anilines is 1. The summed E-state index contributed by atoms with van der Waals surface area (Å²) in [6.45, 7) is 2.71. The van der Waals surface area contributed by atoms with Crippen molar-refractivity contribution < 1.29 is 9.90 Å². The average molecular weight is 234 g/mol. The molecule has 92 valence electrons. The number of aromatic carboxylic acids is 1. The van der Waals surface area contributed by atoms with E-state index in [9.17, 15) is 9.90 Å². The molecular weight excluding hydrogens is 216 g/mol. The molecule has 1 aromatic rings. The molecular formula is C13H18N2O2. The molecule has 0 aromatic carbocycles. The summed E-state index contributed by atoms with van der Waals surface area (Å²) < 4.78 is 0. The van der Waals surface area contributed by atoms with Gasteiger partial charge in [0, 0.05) is 19.8 Å². The topological polar surface area (TPSA) is 53.4 Å². The van der Waals surface area contributed by atoms with Crippen LogP contribution in [-0.4, -0.2) is 29.7 Å². The maximum Gasteiger partial charge on any atom is 0.339 e. The van der Waals surface area contributed by atoms with Gasteiger partial charge in [0.25, 0.3) is 0 Å². The molecule has 2 rings (SSSR count). The molecule has 1 fully saturated rings. The fourth-order valence-electron chi connectivity index (χ4n) is 2.25. The highest BCUT2D eigenvalue weighted by molar-refractivity contribution is 5.94. The van der Waals surface area contributed by atoms with Gasteiger partial charge in [-0.05, 0) is 37.3 Å². The van der Waals surface area contributed by atoms with E-state index < -0.39 is 5.97 Å². The summed E-state index contributed by atoms with van der Waals surface area (Å²) in [5.41, 5.74) is 1.09. The van der Waals surface area contributed by atoms with Crippen LogP contribution in [0.4, 0.5) is 5.82 Å². The van der Waals surface area contributed by atoms with Gasteiger partial charge in [0.1, 0.15) is 11.4 Å². The Labute approximate surface area is 101 Å². The van der Waals surface area contributed by atoms with Crippen LogP contribution in [-0.2, 0) is 0 Å². The van der Waals surface area contributed by atoms with E-state index in [2.05, 4.69) is 4.98 Å². The fourth-order valence-corrected chi connectivity index (χ4v) is 2.25.